The van der Waals surface area contributed by atoms with Gasteiger partial charge in [0.05, 0.1) is 17.7 Å². The lowest BCUT2D eigenvalue weighted by molar-refractivity contribution is -0.117. The van der Waals surface area contributed by atoms with Crippen LogP contribution in [0.1, 0.15) is 18.9 Å². The second-order valence-corrected chi connectivity index (χ2v) is 6.72. The third-order valence-corrected chi connectivity index (χ3v) is 4.56. The summed E-state index contributed by atoms with van der Waals surface area (Å²) in [7, 11) is 0. The first-order valence-electron chi connectivity index (χ1n) is 7.58. The number of hydrogen-bond donors (Lipinski definition) is 0. The highest BCUT2D eigenvalue weighted by atomic mass is 32.2. The van der Waals surface area contributed by atoms with E-state index in [2.05, 4.69) is 6.07 Å². The summed E-state index contributed by atoms with van der Waals surface area (Å²) in [6.07, 6.45) is 0.322. The van der Waals surface area contributed by atoms with Gasteiger partial charge >= 0.3 is 0 Å². The summed E-state index contributed by atoms with van der Waals surface area (Å²) in [6, 6.07) is 19.8. The Labute approximate surface area is 141 Å². The lowest BCUT2D eigenvalue weighted by atomic mass is 10.2. The number of thioether (sulfide) groups is 1. The average Bonchev–Trinajstić information content (AvgIpc) is 2.58. The first kappa shape index (κ1) is 17.1. The molecule has 0 aliphatic carbocycles. The van der Waals surface area contributed by atoms with E-state index in [1.807, 2.05) is 68.4 Å². The number of aryl methyl sites for hydroxylation is 1. The predicted octanol–water partition coefficient (Wildman–Crippen LogP) is 4.42. The molecule has 0 aromatic heterocycles. The van der Waals surface area contributed by atoms with Crippen LogP contribution >= 0.6 is 11.8 Å². The Hall–Kier alpha value is -2.25. The summed E-state index contributed by atoms with van der Waals surface area (Å²) in [5, 5.41) is 8.64. The van der Waals surface area contributed by atoms with Crippen molar-refractivity contribution in [2.45, 2.75) is 30.4 Å². The van der Waals surface area contributed by atoms with Crippen LogP contribution in [0.2, 0.25) is 0 Å². The Bertz CT molecular complexity index is 677. The van der Waals surface area contributed by atoms with Gasteiger partial charge in [0, 0.05) is 17.1 Å². The van der Waals surface area contributed by atoms with Crippen LogP contribution in [0.5, 0.6) is 0 Å². The van der Waals surface area contributed by atoms with Crippen LogP contribution in [0.3, 0.4) is 0 Å². The van der Waals surface area contributed by atoms with Gasteiger partial charge < -0.3 is 4.90 Å². The number of benzene rings is 2. The van der Waals surface area contributed by atoms with Crippen molar-refractivity contribution in [3.05, 3.63) is 60.2 Å². The molecule has 1 atom stereocenters. The summed E-state index contributed by atoms with van der Waals surface area (Å²) < 4.78 is 0. The van der Waals surface area contributed by atoms with Crippen molar-refractivity contribution < 1.29 is 4.79 Å². The Morgan fingerprint density at radius 3 is 2.43 bits per heavy atom. The van der Waals surface area contributed by atoms with Gasteiger partial charge in [0.2, 0.25) is 5.91 Å². The summed E-state index contributed by atoms with van der Waals surface area (Å²) in [4.78, 5) is 15.6. The van der Waals surface area contributed by atoms with Gasteiger partial charge in [0.25, 0.3) is 0 Å². The van der Waals surface area contributed by atoms with Crippen LogP contribution in [0.15, 0.2) is 59.5 Å². The fraction of sp³-hybridized carbons (Fsp3) is 0.263. The van der Waals surface area contributed by atoms with Crippen molar-refractivity contribution in [3.8, 4) is 6.07 Å². The van der Waals surface area contributed by atoms with E-state index < -0.39 is 0 Å². The Balaban J connectivity index is 2.12. The maximum atomic E-state index is 12.8. The van der Waals surface area contributed by atoms with E-state index >= 15 is 0 Å². The van der Waals surface area contributed by atoms with Crippen molar-refractivity contribution in [2.24, 2.45) is 0 Å². The molecular weight excluding hydrogens is 304 g/mol. The molecule has 0 heterocycles. The van der Waals surface area contributed by atoms with Gasteiger partial charge in [-0.1, -0.05) is 35.9 Å². The summed E-state index contributed by atoms with van der Waals surface area (Å²) in [5.41, 5.74) is 2.04. The van der Waals surface area contributed by atoms with E-state index in [0.29, 0.717) is 13.0 Å². The molecule has 2 aromatic carbocycles. The standard InChI is InChI=1S/C19H20N2OS/c1-15-9-11-18(12-10-15)23-16(2)19(22)21(14-6-13-20)17-7-4-3-5-8-17/h3-5,7-12,16H,6,14H2,1-2H3. The number of carbonyl (C=O) groups excluding carboxylic acids is 1. The molecule has 2 aromatic rings. The zero-order valence-electron chi connectivity index (χ0n) is 13.4. The zero-order chi connectivity index (χ0) is 16.7. The van der Waals surface area contributed by atoms with Crippen LogP contribution < -0.4 is 4.90 Å². The van der Waals surface area contributed by atoms with Gasteiger partial charge in [-0.15, -0.1) is 11.8 Å². The monoisotopic (exact) mass is 324 g/mol. The number of amides is 1. The van der Waals surface area contributed by atoms with Crippen LogP contribution in [-0.2, 0) is 4.79 Å². The molecule has 0 saturated heterocycles. The number of nitriles is 1. The van der Waals surface area contributed by atoms with Crippen molar-refractivity contribution in [1.29, 1.82) is 5.26 Å². The number of anilines is 1. The normalized spacial score (nSPS) is 11.5. The first-order valence-corrected chi connectivity index (χ1v) is 8.46. The molecule has 0 aliphatic rings. The smallest absolute Gasteiger partial charge is 0.240 e. The Morgan fingerprint density at radius 1 is 1.17 bits per heavy atom. The quantitative estimate of drug-likeness (QED) is 0.739. The lowest BCUT2D eigenvalue weighted by Crippen LogP contribution is -2.37. The minimum atomic E-state index is -0.211. The molecule has 0 N–H and O–H groups in total. The molecule has 0 bridgehead atoms. The fourth-order valence-corrected chi connectivity index (χ4v) is 3.16. The number of nitrogens with zero attached hydrogens (tertiary/aromatic N) is 2. The van der Waals surface area contributed by atoms with Crippen LogP contribution in [0.4, 0.5) is 5.69 Å². The minimum absolute atomic E-state index is 0.0250. The SMILES string of the molecule is Cc1ccc(SC(C)C(=O)N(CCC#N)c2ccccc2)cc1. The molecule has 2 rings (SSSR count). The molecule has 1 unspecified atom stereocenters. The minimum Gasteiger partial charge on any atom is -0.310 e. The first-order chi connectivity index (χ1) is 11.1. The van der Waals surface area contributed by atoms with Crippen molar-refractivity contribution in [3.63, 3.8) is 0 Å². The second kappa shape index (κ2) is 8.40. The third-order valence-electron chi connectivity index (χ3n) is 3.46. The largest absolute Gasteiger partial charge is 0.310 e. The number of carbonyl (C=O) groups is 1. The average molecular weight is 324 g/mol. The number of para-hydroxylation sites is 1. The van der Waals surface area contributed by atoms with E-state index in [9.17, 15) is 4.79 Å². The van der Waals surface area contributed by atoms with E-state index in [-0.39, 0.29) is 11.2 Å². The van der Waals surface area contributed by atoms with Crippen molar-refractivity contribution >= 4 is 23.4 Å². The van der Waals surface area contributed by atoms with E-state index in [0.717, 1.165) is 10.6 Å². The van der Waals surface area contributed by atoms with Gasteiger partial charge in [0.15, 0.2) is 0 Å². The summed E-state index contributed by atoms with van der Waals surface area (Å²) >= 11 is 1.54. The van der Waals surface area contributed by atoms with Gasteiger partial charge in [-0.2, -0.15) is 5.26 Å². The number of rotatable bonds is 6. The molecule has 0 radical (unpaired) electrons. The Morgan fingerprint density at radius 2 is 1.83 bits per heavy atom. The molecule has 23 heavy (non-hydrogen) atoms. The molecule has 0 spiro atoms. The van der Waals surface area contributed by atoms with E-state index in [1.165, 1.54) is 5.56 Å². The van der Waals surface area contributed by atoms with Crippen LogP contribution in [0.25, 0.3) is 0 Å². The maximum absolute atomic E-state index is 12.8. The van der Waals surface area contributed by atoms with Gasteiger partial charge in [-0.25, -0.2) is 0 Å². The third kappa shape index (κ3) is 4.87. The number of hydrogen-bond acceptors (Lipinski definition) is 3. The van der Waals surface area contributed by atoms with Crippen molar-refractivity contribution in [1.82, 2.24) is 0 Å². The molecule has 0 fully saturated rings. The maximum Gasteiger partial charge on any atom is 0.240 e. The molecule has 3 nitrogen and oxygen atoms in total. The second-order valence-electron chi connectivity index (χ2n) is 5.31. The molecule has 0 aliphatic heterocycles. The molecular formula is C19H20N2OS. The summed E-state index contributed by atoms with van der Waals surface area (Å²) in [6.45, 7) is 4.37. The highest BCUT2D eigenvalue weighted by Crippen LogP contribution is 2.26. The highest BCUT2D eigenvalue weighted by Gasteiger charge is 2.22. The molecule has 0 saturated carbocycles. The topological polar surface area (TPSA) is 44.1 Å². The fourth-order valence-electron chi connectivity index (χ4n) is 2.23. The van der Waals surface area contributed by atoms with Gasteiger partial charge in [-0.3, -0.25) is 4.79 Å². The van der Waals surface area contributed by atoms with Crippen molar-refractivity contribution in [2.75, 3.05) is 11.4 Å². The zero-order valence-corrected chi connectivity index (χ0v) is 14.2. The predicted molar refractivity (Wildman–Crippen MR) is 95.5 cm³/mol. The van der Waals surface area contributed by atoms with Crippen LogP contribution in [0, 0.1) is 18.3 Å². The van der Waals surface area contributed by atoms with E-state index in [4.69, 9.17) is 5.26 Å². The highest BCUT2D eigenvalue weighted by molar-refractivity contribution is 8.00. The molecule has 4 heteroatoms. The molecule has 118 valence electrons. The van der Waals surface area contributed by atoms with Gasteiger partial charge in [-0.05, 0) is 38.1 Å². The van der Waals surface area contributed by atoms with E-state index in [1.54, 1.807) is 16.7 Å². The van der Waals surface area contributed by atoms with Crippen LogP contribution in [-0.4, -0.2) is 17.7 Å². The van der Waals surface area contributed by atoms with Gasteiger partial charge in [0.1, 0.15) is 0 Å². The molecule has 1 amide bonds. The summed E-state index contributed by atoms with van der Waals surface area (Å²) in [5.74, 6) is 0.0250. The lowest BCUT2D eigenvalue weighted by Gasteiger charge is -2.25. The Kier molecular flexibility index (Phi) is 6.25.